The first-order valence-electron chi connectivity index (χ1n) is 8.60. The molecule has 0 aromatic heterocycles. The number of phosphoric ester groups is 1. The van der Waals surface area contributed by atoms with Crippen molar-refractivity contribution in [3.63, 3.8) is 0 Å². The molecule has 0 fully saturated rings. The fourth-order valence-corrected chi connectivity index (χ4v) is 3.11. The fraction of sp³-hybridized carbons (Fsp3) is 1.00. The maximum atomic E-state index is 11.9. The van der Waals surface area contributed by atoms with Gasteiger partial charge in [-0.1, -0.05) is 66.2 Å². The van der Waals surface area contributed by atoms with Crippen molar-refractivity contribution >= 4 is 59.2 Å². The minimum absolute atomic E-state index is 0. The van der Waals surface area contributed by atoms with E-state index in [1.165, 1.54) is 0 Å². The summed E-state index contributed by atoms with van der Waals surface area (Å²) < 4.78 is 22.2. The van der Waals surface area contributed by atoms with Crippen LogP contribution in [0.2, 0.25) is 0 Å². The van der Waals surface area contributed by atoms with Gasteiger partial charge in [0.2, 0.25) is 0 Å². The van der Waals surface area contributed by atoms with Gasteiger partial charge in [-0.3, -0.25) is 9.05 Å². The Kier molecular flexibility index (Phi) is 19.2. The van der Waals surface area contributed by atoms with Gasteiger partial charge in [0.25, 0.3) is 0 Å². The number of phosphoric acid groups is 1. The Bertz CT molecular complexity index is 265. The third kappa shape index (κ3) is 14.1. The summed E-state index contributed by atoms with van der Waals surface area (Å²) in [6.45, 7) is 9.10. The molecule has 2 unspecified atom stereocenters. The third-order valence-corrected chi connectivity index (χ3v) is 4.98. The molecule has 1 radical (unpaired) electrons. The molecule has 4 nitrogen and oxygen atoms in total. The summed E-state index contributed by atoms with van der Waals surface area (Å²) in [5.74, 6) is 0.687. The Labute approximate surface area is 180 Å². The van der Waals surface area contributed by atoms with E-state index in [0.29, 0.717) is 25.0 Å². The Morgan fingerprint density at radius 2 is 1.23 bits per heavy atom. The molecule has 0 aromatic carbocycles. The van der Waals surface area contributed by atoms with Crippen LogP contribution in [0.4, 0.5) is 0 Å². The molecular formula is C16H35KO4P. The first-order chi connectivity index (χ1) is 9.99. The Morgan fingerprint density at radius 3 is 1.50 bits per heavy atom. The zero-order valence-corrected chi connectivity index (χ0v) is 19.4. The summed E-state index contributed by atoms with van der Waals surface area (Å²) in [6.07, 6.45) is 8.56. The molecule has 0 amide bonds. The monoisotopic (exact) mass is 361 g/mol. The van der Waals surface area contributed by atoms with Crippen LogP contribution in [-0.4, -0.2) is 69.5 Å². The molecule has 0 rings (SSSR count). The van der Waals surface area contributed by atoms with E-state index >= 15 is 0 Å². The molecule has 0 aromatic rings. The minimum atomic E-state index is -3.89. The molecule has 0 aliphatic rings. The fourth-order valence-electron chi connectivity index (χ4n) is 2.23. The van der Waals surface area contributed by atoms with Crippen LogP contribution in [0.15, 0.2) is 0 Å². The summed E-state index contributed by atoms with van der Waals surface area (Å²) in [7, 11) is -3.89. The van der Waals surface area contributed by atoms with Crippen LogP contribution in [0.3, 0.4) is 0 Å². The van der Waals surface area contributed by atoms with E-state index in [0.717, 1.165) is 51.4 Å². The van der Waals surface area contributed by atoms with Gasteiger partial charge in [0.05, 0.1) is 13.2 Å². The Hall–Kier alpha value is 1.75. The molecule has 0 saturated heterocycles. The zero-order chi connectivity index (χ0) is 16.1. The number of rotatable bonds is 14. The van der Waals surface area contributed by atoms with E-state index in [1.54, 1.807) is 0 Å². The predicted molar refractivity (Wildman–Crippen MR) is 94.1 cm³/mol. The van der Waals surface area contributed by atoms with Crippen molar-refractivity contribution in [1.82, 2.24) is 0 Å². The van der Waals surface area contributed by atoms with Crippen molar-refractivity contribution in [2.75, 3.05) is 13.2 Å². The van der Waals surface area contributed by atoms with Crippen molar-refractivity contribution in [1.29, 1.82) is 0 Å². The molecule has 2 atom stereocenters. The minimum Gasteiger partial charge on any atom is -0.302 e. The normalized spacial score (nSPS) is 16.6. The number of hydrogen-bond acceptors (Lipinski definition) is 3. The van der Waals surface area contributed by atoms with E-state index in [-0.39, 0.29) is 51.4 Å². The van der Waals surface area contributed by atoms with Crippen molar-refractivity contribution in [2.45, 2.75) is 79.1 Å². The van der Waals surface area contributed by atoms with Gasteiger partial charge >= 0.3 is 7.82 Å². The average Bonchev–Trinajstić information content (AvgIpc) is 2.47. The summed E-state index contributed by atoms with van der Waals surface area (Å²) in [4.78, 5) is 9.77. The first kappa shape index (κ1) is 26.0. The van der Waals surface area contributed by atoms with Crippen molar-refractivity contribution in [2.24, 2.45) is 11.8 Å². The molecule has 0 aliphatic carbocycles. The van der Waals surface area contributed by atoms with E-state index in [4.69, 9.17) is 9.05 Å². The van der Waals surface area contributed by atoms with Crippen LogP contribution in [0, 0.1) is 11.8 Å². The van der Waals surface area contributed by atoms with E-state index in [1.807, 2.05) is 0 Å². The Balaban J connectivity index is 0. The van der Waals surface area contributed by atoms with Gasteiger partial charge in [0, 0.05) is 51.4 Å². The Morgan fingerprint density at radius 1 is 0.864 bits per heavy atom. The van der Waals surface area contributed by atoms with Crippen LogP contribution in [0.1, 0.15) is 79.1 Å². The van der Waals surface area contributed by atoms with Gasteiger partial charge in [0.15, 0.2) is 0 Å². The van der Waals surface area contributed by atoms with Gasteiger partial charge in [-0.25, -0.2) is 4.57 Å². The van der Waals surface area contributed by atoms with E-state index in [9.17, 15) is 9.46 Å². The summed E-state index contributed by atoms with van der Waals surface area (Å²) >= 11 is 0. The zero-order valence-electron chi connectivity index (χ0n) is 15.3. The average molecular weight is 362 g/mol. The summed E-state index contributed by atoms with van der Waals surface area (Å²) in [6, 6.07) is 0. The van der Waals surface area contributed by atoms with Crippen LogP contribution in [0.5, 0.6) is 0 Å². The topological polar surface area (TPSA) is 55.8 Å². The number of unbranched alkanes of at least 4 members (excludes halogenated alkanes) is 2. The van der Waals surface area contributed by atoms with E-state index < -0.39 is 7.82 Å². The molecule has 129 valence electrons. The molecule has 0 aliphatic heterocycles. The standard InChI is InChI=1S/C16H35O4P.K/c1-5-9-11-15(7-3)13-19-21(17,18)20-14-16(8-4)12-10-6-2;/h15-16H,5-14H2,1-4H3,(H,17,18);. The van der Waals surface area contributed by atoms with Gasteiger partial charge in [0.1, 0.15) is 0 Å². The SMILES string of the molecule is CCCCC(CC)COP(=O)(O)OCC(CC)CCCC.[K]. The predicted octanol–water partition coefficient (Wildman–Crippen LogP) is 5.17. The molecule has 0 spiro atoms. The molecule has 0 heterocycles. The second kappa shape index (κ2) is 16.2. The van der Waals surface area contributed by atoms with Crippen LogP contribution in [-0.2, 0) is 13.6 Å². The quantitative estimate of drug-likeness (QED) is 0.342. The molecule has 6 heteroatoms. The third-order valence-electron chi connectivity index (χ3n) is 4.03. The second-order valence-corrected chi connectivity index (χ2v) is 7.35. The van der Waals surface area contributed by atoms with Crippen molar-refractivity contribution in [3.8, 4) is 0 Å². The molecular weight excluding hydrogens is 326 g/mol. The van der Waals surface area contributed by atoms with E-state index in [2.05, 4.69) is 27.7 Å². The smallest absolute Gasteiger partial charge is 0.302 e. The second-order valence-electron chi connectivity index (χ2n) is 5.89. The molecule has 0 bridgehead atoms. The molecule has 22 heavy (non-hydrogen) atoms. The molecule has 1 N–H and O–H groups in total. The van der Waals surface area contributed by atoms with Gasteiger partial charge in [-0.2, -0.15) is 0 Å². The van der Waals surface area contributed by atoms with Gasteiger partial charge in [-0.05, 0) is 24.7 Å². The van der Waals surface area contributed by atoms with Gasteiger partial charge < -0.3 is 4.89 Å². The van der Waals surface area contributed by atoms with Crippen molar-refractivity contribution < 1.29 is 18.5 Å². The number of hydrogen-bond donors (Lipinski definition) is 1. The first-order valence-corrected chi connectivity index (χ1v) is 10.1. The van der Waals surface area contributed by atoms with Gasteiger partial charge in [-0.15, -0.1) is 0 Å². The summed E-state index contributed by atoms with van der Waals surface area (Å²) in [5, 5.41) is 0. The largest absolute Gasteiger partial charge is 0.472 e. The van der Waals surface area contributed by atoms with Crippen LogP contribution in [0.25, 0.3) is 0 Å². The maximum absolute atomic E-state index is 11.9. The van der Waals surface area contributed by atoms with Crippen LogP contribution < -0.4 is 0 Å². The van der Waals surface area contributed by atoms with Crippen LogP contribution >= 0.6 is 7.82 Å². The van der Waals surface area contributed by atoms with Crippen molar-refractivity contribution in [3.05, 3.63) is 0 Å². The maximum Gasteiger partial charge on any atom is 0.472 e. The molecule has 0 saturated carbocycles. The summed E-state index contributed by atoms with van der Waals surface area (Å²) in [5.41, 5.74) is 0.